The van der Waals surface area contributed by atoms with Gasteiger partial charge in [-0.1, -0.05) is 42.1 Å². The molecule has 33 heavy (non-hydrogen) atoms. The number of halogens is 3. The molecule has 0 bridgehead atoms. The molecule has 0 spiro atoms. The van der Waals surface area contributed by atoms with E-state index in [1.165, 1.54) is 30.0 Å². The van der Waals surface area contributed by atoms with Crippen LogP contribution in [0.2, 0.25) is 0 Å². The number of carboxylic acids is 1. The molecule has 1 heterocycles. The van der Waals surface area contributed by atoms with Crippen molar-refractivity contribution in [3.05, 3.63) is 70.8 Å². The first-order chi connectivity index (χ1) is 15.6. The van der Waals surface area contributed by atoms with Crippen molar-refractivity contribution >= 4 is 23.0 Å². The number of aliphatic hydroxyl groups excluding tert-OH is 1. The number of benzene rings is 2. The first-order valence-electron chi connectivity index (χ1n) is 10.5. The summed E-state index contributed by atoms with van der Waals surface area (Å²) in [6.07, 6.45) is -4.34. The summed E-state index contributed by atoms with van der Waals surface area (Å²) in [7, 11) is 0. The Hall–Kier alpha value is -2.56. The number of carboxylic acid groups (broad SMARTS) is 1. The smallest absolute Gasteiger partial charge is 0.416 e. The Labute approximate surface area is 194 Å². The number of nitrogens with zero attached hydrogens (tertiary/aromatic N) is 2. The van der Waals surface area contributed by atoms with E-state index in [4.69, 9.17) is 5.11 Å². The number of thioether (sulfide) groups is 1. The van der Waals surface area contributed by atoms with E-state index in [-0.39, 0.29) is 17.2 Å². The van der Waals surface area contributed by atoms with Gasteiger partial charge in [-0.05, 0) is 48.6 Å². The van der Waals surface area contributed by atoms with Crippen molar-refractivity contribution < 1.29 is 33.0 Å². The number of hydrazine groups is 1. The zero-order valence-corrected chi connectivity index (χ0v) is 18.6. The van der Waals surface area contributed by atoms with E-state index in [9.17, 15) is 27.9 Å². The van der Waals surface area contributed by atoms with Gasteiger partial charge in [-0.15, -0.1) is 0 Å². The van der Waals surface area contributed by atoms with E-state index in [2.05, 4.69) is 0 Å². The molecule has 10 heteroatoms. The molecule has 0 aromatic heterocycles. The molecule has 1 saturated heterocycles. The number of hydrogen-bond acceptors (Lipinski definition) is 5. The lowest BCUT2D eigenvalue weighted by Gasteiger charge is -2.38. The van der Waals surface area contributed by atoms with Crippen LogP contribution < -0.4 is 0 Å². The third-order valence-electron chi connectivity index (χ3n) is 5.39. The van der Waals surface area contributed by atoms with Gasteiger partial charge < -0.3 is 10.2 Å². The lowest BCUT2D eigenvalue weighted by Crippen LogP contribution is -2.51. The van der Waals surface area contributed by atoms with Crippen LogP contribution in [-0.4, -0.2) is 62.9 Å². The molecule has 2 aromatic rings. The van der Waals surface area contributed by atoms with Gasteiger partial charge in [-0.3, -0.25) is 9.80 Å². The highest BCUT2D eigenvalue weighted by molar-refractivity contribution is 8.13. The summed E-state index contributed by atoms with van der Waals surface area (Å²) >= 11 is 1.21. The topological polar surface area (TPSA) is 81.1 Å². The minimum absolute atomic E-state index is 0.0936. The quantitative estimate of drug-likeness (QED) is 0.554. The summed E-state index contributed by atoms with van der Waals surface area (Å²) in [4.78, 5) is 23.4. The predicted molar refractivity (Wildman–Crippen MR) is 119 cm³/mol. The molecule has 1 fully saturated rings. The highest BCUT2D eigenvalue weighted by atomic mass is 32.2. The Balaban J connectivity index is 1.55. The van der Waals surface area contributed by atoms with Crippen LogP contribution in [0.25, 0.3) is 0 Å². The summed E-state index contributed by atoms with van der Waals surface area (Å²) in [6, 6.07) is 11.4. The van der Waals surface area contributed by atoms with Crippen molar-refractivity contribution in [2.45, 2.75) is 31.5 Å². The maximum Gasteiger partial charge on any atom is 0.416 e. The van der Waals surface area contributed by atoms with Crippen LogP contribution in [0.15, 0.2) is 48.5 Å². The minimum Gasteiger partial charge on any atom is -0.478 e. The van der Waals surface area contributed by atoms with Gasteiger partial charge in [-0.2, -0.15) is 13.2 Å². The molecule has 1 atom stereocenters. The monoisotopic (exact) mass is 482 g/mol. The fourth-order valence-electron chi connectivity index (χ4n) is 3.61. The van der Waals surface area contributed by atoms with Crippen molar-refractivity contribution in [3.8, 4) is 0 Å². The van der Waals surface area contributed by atoms with Gasteiger partial charge in [0, 0.05) is 25.4 Å². The second-order valence-corrected chi connectivity index (χ2v) is 8.83. The normalized spacial score (nSPS) is 16.1. The van der Waals surface area contributed by atoms with Crippen molar-refractivity contribution in [1.82, 2.24) is 10.0 Å². The maximum atomic E-state index is 12.9. The van der Waals surface area contributed by atoms with Crippen molar-refractivity contribution in [2.24, 2.45) is 0 Å². The van der Waals surface area contributed by atoms with E-state index < -0.39 is 23.8 Å². The van der Waals surface area contributed by atoms with Gasteiger partial charge in [0.1, 0.15) is 0 Å². The molecule has 6 nitrogen and oxygen atoms in total. The molecule has 1 amide bonds. The lowest BCUT2D eigenvalue weighted by molar-refractivity contribution is -0.137. The van der Waals surface area contributed by atoms with Crippen LogP contribution in [0.1, 0.15) is 33.5 Å². The second-order valence-electron chi connectivity index (χ2n) is 7.79. The van der Waals surface area contributed by atoms with E-state index in [1.54, 1.807) is 23.2 Å². The van der Waals surface area contributed by atoms with Crippen LogP contribution in [0.4, 0.5) is 18.0 Å². The first kappa shape index (κ1) is 25.1. The average molecular weight is 483 g/mol. The number of carbonyl (C=O) groups excluding carboxylic acids is 1. The lowest BCUT2D eigenvalue weighted by atomic mass is 10.0. The van der Waals surface area contributed by atoms with Crippen LogP contribution >= 0.6 is 11.8 Å². The SMILES string of the molecule is O=C(O)c1ccc(CCN2C(=O)SCCN2CCC(O)Cc2cccc(C(F)(F)F)c2)cc1. The Morgan fingerprint density at radius 3 is 2.48 bits per heavy atom. The number of hydrogen-bond donors (Lipinski definition) is 2. The van der Waals surface area contributed by atoms with Crippen molar-refractivity contribution in [3.63, 3.8) is 0 Å². The van der Waals surface area contributed by atoms with E-state index >= 15 is 0 Å². The largest absolute Gasteiger partial charge is 0.478 e. The van der Waals surface area contributed by atoms with Crippen LogP contribution in [-0.2, 0) is 19.0 Å². The second kappa shape index (κ2) is 11.0. The maximum absolute atomic E-state index is 12.9. The zero-order valence-electron chi connectivity index (χ0n) is 17.8. The Morgan fingerprint density at radius 2 is 1.82 bits per heavy atom. The van der Waals surface area contributed by atoms with Crippen LogP contribution in [0, 0.1) is 0 Å². The fraction of sp³-hybridized carbons (Fsp3) is 0.391. The molecule has 0 aliphatic carbocycles. The molecule has 1 aliphatic heterocycles. The Bertz CT molecular complexity index is 969. The Kier molecular flexibility index (Phi) is 8.39. The van der Waals surface area contributed by atoms with Crippen LogP contribution in [0.3, 0.4) is 0 Å². The molecular formula is C23H25F3N2O4S. The van der Waals surface area contributed by atoms with Gasteiger partial charge in [0.15, 0.2) is 0 Å². The molecule has 178 valence electrons. The summed E-state index contributed by atoms with van der Waals surface area (Å²) in [5, 5.41) is 22.8. The molecule has 2 aromatic carbocycles. The highest BCUT2D eigenvalue weighted by Crippen LogP contribution is 2.30. The summed E-state index contributed by atoms with van der Waals surface area (Å²) < 4.78 is 38.7. The molecular weight excluding hydrogens is 457 g/mol. The number of alkyl halides is 3. The van der Waals surface area contributed by atoms with Gasteiger partial charge in [0.2, 0.25) is 0 Å². The van der Waals surface area contributed by atoms with Crippen molar-refractivity contribution in [1.29, 1.82) is 0 Å². The van der Waals surface area contributed by atoms with E-state index in [0.717, 1.165) is 17.7 Å². The minimum atomic E-state index is -4.43. The van der Waals surface area contributed by atoms with E-state index in [0.29, 0.717) is 43.8 Å². The molecule has 1 aliphatic rings. The number of aromatic carboxylic acids is 1. The molecule has 2 N–H and O–H groups in total. The van der Waals surface area contributed by atoms with Gasteiger partial charge >= 0.3 is 12.1 Å². The molecule has 0 radical (unpaired) electrons. The fourth-order valence-corrected chi connectivity index (χ4v) is 4.44. The van der Waals surface area contributed by atoms with Gasteiger partial charge in [0.25, 0.3) is 5.24 Å². The summed E-state index contributed by atoms with van der Waals surface area (Å²) in [5.41, 5.74) is 0.755. The Morgan fingerprint density at radius 1 is 1.09 bits per heavy atom. The molecule has 1 unspecified atom stereocenters. The number of carbonyl (C=O) groups is 2. The van der Waals surface area contributed by atoms with Crippen LogP contribution in [0.5, 0.6) is 0 Å². The standard InChI is InChI=1S/C23H25F3N2O4S/c24-23(25,26)19-3-1-2-17(14-19)15-20(29)9-10-27-12-13-33-22(32)28(27)11-8-16-4-6-18(7-5-16)21(30)31/h1-7,14,20,29H,8-13,15H2,(H,30,31). The number of rotatable bonds is 9. The zero-order chi connectivity index (χ0) is 24.0. The number of amides is 1. The third kappa shape index (κ3) is 7.21. The molecule has 3 rings (SSSR count). The summed E-state index contributed by atoms with van der Waals surface area (Å²) in [6.45, 7) is 1.41. The van der Waals surface area contributed by atoms with Gasteiger partial charge in [0.05, 0.1) is 17.2 Å². The number of aliphatic hydroxyl groups is 1. The first-order valence-corrected chi connectivity index (χ1v) is 11.5. The summed E-state index contributed by atoms with van der Waals surface area (Å²) in [5.74, 6) is -0.383. The highest BCUT2D eigenvalue weighted by Gasteiger charge is 2.30. The average Bonchev–Trinajstić information content (AvgIpc) is 2.77. The molecule has 0 saturated carbocycles. The van der Waals surface area contributed by atoms with E-state index in [1.807, 2.05) is 5.01 Å². The van der Waals surface area contributed by atoms with Crippen molar-refractivity contribution in [2.75, 3.05) is 25.4 Å². The third-order valence-corrected chi connectivity index (χ3v) is 6.23. The predicted octanol–water partition coefficient (Wildman–Crippen LogP) is 4.33. The van der Waals surface area contributed by atoms with Gasteiger partial charge in [-0.25, -0.2) is 9.80 Å².